The minimum atomic E-state index is 0. The van der Waals surface area contributed by atoms with Gasteiger partial charge >= 0.3 is 59.1 Å². The Morgan fingerprint density at radius 2 is 1.29 bits per heavy atom. The third-order valence-corrected chi connectivity index (χ3v) is 3.04. The van der Waals surface area contributed by atoms with E-state index < -0.39 is 0 Å². The minimum absolute atomic E-state index is 0. The summed E-state index contributed by atoms with van der Waals surface area (Å²) in [6.45, 7) is 13.3. The Morgan fingerprint density at radius 3 is 1.59 bits per heavy atom. The number of hydrogen-bond acceptors (Lipinski definition) is 0. The minimum Gasteiger partial charge on any atom is -1.45 e. The van der Waals surface area contributed by atoms with Crippen molar-refractivity contribution >= 4 is 14.5 Å². The molecule has 0 amide bonds. The van der Waals surface area contributed by atoms with Crippen LogP contribution in [0.5, 0.6) is 0 Å². The van der Waals surface area contributed by atoms with Crippen molar-refractivity contribution in [2.24, 2.45) is 0 Å². The summed E-state index contributed by atoms with van der Waals surface area (Å²) < 4.78 is 0. The van der Waals surface area contributed by atoms with Crippen molar-refractivity contribution in [1.29, 1.82) is 0 Å². The molecule has 3 heteroatoms. The van der Waals surface area contributed by atoms with E-state index in [-0.39, 0.29) is 69.9 Å². The molecular formula is C14H21Na2P. The van der Waals surface area contributed by atoms with Crippen LogP contribution in [0.15, 0.2) is 18.2 Å². The van der Waals surface area contributed by atoms with Crippen molar-refractivity contribution in [3.8, 4) is 0 Å². The van der Waals surface area contributed by atoms with E-state index in [1.165, 1.54) is 11.1 Å². The zero-order valence-corrected chi connectivity index (χ0v) is 17.6. The van der Waals surface area contributed by atoms with Gasteiger partial charge in [-0.2, -0.15) is 0 Å². The molecule has 0 spiro atoms. The number of rotatable bonds is 0. The SMILES string of the molecule is CC(C)(C)c1ccc(C(C)(C)C)c([P-2])c1.[Na+].[Na+]. The van der Waals surface area contributed by atoms with Gasteiger partial charge < -0.3 is 14.5 Å². The maximum absolute atomic E-state index is 4.59. The molecule has 0 aliphatic carbocycles. The zero-order valence-electron chi connectivity index (χ0n) is 12.7. The molecule has 0 saturated carbocycles. The average Bonchev–Trinajstić information content (AvgIpc) is 1.99. The van der Waals surface area contributed by atoms with Gasteiger partial charge in [0.25, 0.3) is 0 Å². The molecule has 0 aromatic heterocycles. The summed E-state index contributed by atoms with van der Waals surface area (Å²) in [6, 6.07) is 6.63. The van der Waals surface area contributed by atoms with Gasteiger partial charge in [-0.15, -0.1) is 6.07 Å². The van der Waals surface area contributed by atoms with Crippen LogP contribution >= 0.6 is 9.24 Å². The topological polar surface area (TPSA) is 0 Å². The van der Waals surface area contributed by atoms with E-state index in [2.05, 4.69) is 69.0 Å². The van der Waals surface area contributed by atoms with Crippen LogP contribution in [-0.4, -0.2) is 0 Å². The molecule has 84 valence electrons. The van der Waals surface area contributed by atoms with Gasteiger partial charge in [-0.1, -0.05) is 59.2 Å². The molecule has 1 aromatic rings. The van der Waals surface area contributed by atoms with Crippen LogP contribution in [0, 0.1) is 0 Å². The van der Waals surface area contributed by atoms with Crippen molar-refractivity contribution < 1.29 is 59.1 Å². The molecule has 0 heterocycles. The van der Waals surface area contributed by atoms with E-state index >= 15 is 0 Å². The fourth-order valence-corrected chi connectivity index (χ4v) is 2.18. The second-order valence-electron chi connectivity index (χ2n) is 6.23. The van der Waals surface area contributed by atoms with E-state index in [4.69, 9.17) is 0 Å². The first-order chi connectivity index (χ1) is 6.62. The summed E-state index contributed by atoms with van der Waals surface area (Å²) in [5.74, 6) is 0. The smallest absolute Gasteiger partial charge is 1.00 e. The average molecular weight is 266 g/mol. The van der Waals surface area contributed by atoms with Gasteiger partial charge in [0.1, 0.15) is 0 Å². The van der Waals surface area contributed by atoms with Gasteiger partial charge in [0, 0.05) is 0 Å². The molecule has 0 atom stereocenters. The van der Waals surface area contributed by atoms with Crippen LogP contribution in [0.25, 0.3) is 0 Å². The van der Waals surface area contributed by atoms with Crippen molar-refractivity contribution in [3.63, 3.8) is 0 Å². The van der Waals surface area contributed by atoms with Gasteiger partial charge in [-0.3, -0.25) is 0 Å². The first kappa shape index (κ1) is 21.0. The van der Waals surface area contributed by atoms with Gasteiger partial charge in [0.2, 0.25) is 0 Å². The predicted octanol–water partition coefficient (Wildman–Crippen LogP) is -1.67. The predicted molar refractivity (Wildman–Crippen MR) is 70.4 cm³/mol. The molecule has 0 radical (unpaired) electrons. The molecule has 0 N–H and O–H groups in total. The number of hydrogen-bond donors (Lipinski definition) is 0. The molecule has 0 saturated heterocycles. The Labute approximate surface area is 154 Å². The van der Waals surface area contributed by atoms with Gasteiger partial charge in [-0.25, -0.2) is 0 Å². The second kappa shape index (κ2) is 7.44. The summed E-state index contributed by atoms with van der Waals surface area (Å²) in [5.41, 5.74) is 3.04. The Hall–Kier alpha value is 1.65. The molecule has 0 aliphatic heterocycles. The molecule has 0 fully saturated rings. The van der Waals surface area contributed by atoms with Crippen molar-refractivity contribution in [2.75, 3.05) is 0 Å². The molecule has 0 bridgehead atoms. The molecular weight excluding hydrogens is 245 g/mol. The molecule has 0 unspecified atom stereocenters. The normalized spacial score (nSPS) is 11.5. The number of benzene rings is 1. The maximum Gasteiger partial charge on any atom is 1.00 e. The summed E-state index contributed by atoms with van der Waals surface area (Å²) in [4.78, 5) is 0. The van der Waals surface area contributed by atoms with Crippen LogP contribution in [0.2, 0.25) is 0 Å². The van der Waals surface area contributed by atoms with Gasteiger partial charge in [-0.05, 0) is 16.4 Å². The van der Waals surface area contributed by atoms with Crippen molar-refractivity contribution in [3.05, 3.63) is 29.3 Å². The quantitative estimate of drug-likeness (QED) is 0.389. The van der Waals surface area contributed by atoms with E-state index in [1.807, 2.05) is 0 Å². The van der Waals surface area contributed by atoms with Gasteiger partial charge in [0.15, 0.2) is 0 Å². The van der Waals surface area contributed by atoms with Crippen LogP contribution in [0.3, 0.4) is 0 Å². The third-order valence-electron chi connectivity index (χ3n) is 2.67. The summed E-state index contributed by atoms with van der Waals surface area (Å²) >= 11 is 0. The van der Waals surface area contributed by atoms with Crippen molar-refractivity contribution in [2.45, 2.75) is 52.4 Å². The van der Waals surface area contributed by atoms with E-state index in [1.54, 1.807) is 0 Å². The standard InChI is InChI=1S/C14H21P.2Na/c1-13(2,3)10-7-8-11(12(15)9-10)14(4,5)6;;/h7-9H,1-6H3;;/q-2;2*+1. The molecule has 0 nitrogen and oxygen atoms in total. The Morgan fingerprint density at radius 1 is 0.824 bits per heavy atom. The second-order valence-corrected chi connectivity index (χ2v) is 6.71. The fourth-order valence-electron chi connectivity index (χ4n) is 1.63. The van der Waals surface area contributed by atoms with Crippen LogP contribution < -0.4 is 64.4 Å². The first-order valence-electron chi connectivity index (χ1n) is 5.46. The van der Waals surface area contributed by atoms with Crippen LogP contribution in [-0.2, 0) is 10.8 Å². The summed E-state index contributed by atoms with van der Waals surface area (Å²) in [5, 5.41) is 1.11. The van der Waals surface area contributed by atoms with Crippen LogP contribution in [0.1, 0.15) is 52.7 Å². The van der Waals surface area contributed by atoms with E-state index in [0.29, 0.717) is 0 Å². The molecule has 17 heavy (non-hydrogen) atoms. The van der Waals surface area contributed by atoms with E-state index in [9.17, 15) is 0 Å². The zero-order chi connectivity index (χ0) is 11.9. The molecule has 1 rings (SSSR count). The van der Waals surface area contributed by atoms with Gasteiger partial charge in [0.05, 0.1) is 0 Å². The maximum atomic E-state index is 4.59. The third kappa shape index (κ3) is 6.09. The van der Waals surface area contributed by atoms with E-state index in [0.717, 1.165) is 5.30 Å². The molecule has 1 aromatic carbocycles. The fraction of sp³-hybridized carbons (Fsp3) is 0.571. The van der Waals surface area contributed by atoms with Crippen molar-refractivity contribution in [1.82, 2.24) is 0 Å². The van der Waals surface area contributed by atoms with Crippen LogP contribution in [0.4, 0.5) is 0 Å². The monoisotopic (exact) mass is 266 g/mol. The Balaban J connectivity index is 0. The first-order valence-corrected chi connectivity index (χ1v) is 5.91. The molecule has 0 aliphatic rings. The largest absolute Gasteiger partial charge is 1.45 e. The summed E-state index contributed by atoms with van der Waals surface area (Å²) in [7, 11) is 4.59. The summed E-state index contributed by atoms with van der Waals surface area (Å²) in [6.07, 6.45) is 0. The Kier molecular flexibility index (Phi) is 9.17. The Bertz CT molecular complexity index is 359.